The van der Waals surface area contributed by atoms with Gasteiger partial charge >= 0.3 is 0 Å². The molecule has 0 heterocycles. The van der Waals surface area contributed by atoms with Crippen molar-refractivity contribution in [3.05, 3.63) is 0 Å². The van der Waals surface area contributed by atoms with Crippen LogP contribution < -0.4 is 0 Å². The molecule has 0 rings (SSSR count). The first kappa shape index (κ1) is 14.3. The monoisotopic (exact) mass is 224 g/mol. The first-order valence-corrected chi connectivity index (χ1v) is 5.46. The Morgan fingerprint density at radius 1 is 0.750 bits per heavy atom. The summed E-state index contributed by atoms with van der Waals surface area (Å²) in [7, 11) is -8.21. The number of aliphatic hydroxyl groups excluding tert-OH is 2. The van der Waals surface area contributed by atoms with E-state index in [2.05, 4.69) is 0 Å². The van der Waals surface area contributed by atoms with Crippen molar-refractivity contribution in [3.8, 4) is 0 Å². The summed E-state index contributed by atoms with van der Waals surface area (Å²) in [5.74, 6) is -2.40. The Bertz CT molecular complexity index is 251. The second-order valence-corrected chi connectivity index (χ2v) is 4.27. The average Bonchev–Trinajstić information content (AvgIpc) is 1.86. The van der Waals surface area contributed by atoms with E-state index in [-0.39, 0.29) is 0 Å². The molecule has 12 heavy (non-hydrogen) atoms. The molecular weight excluding hydrogens is 216 g/mol. The van der Waals surface area contributed by atoms with Crippen LogP contribution in [0.1, 0.15) is 0 Å². The van der Waals surface area contributed by atoms with E-state index in [0.717, 1.165) is 0 Å². The van der Waals surface area contributed by atoms with E-state index in [1.807, 2.05) is 0 Å². The zero-order chi connectivity index (χ0) is 10.4. The molecule has 0 radical (unpaired) electrons. The van der Waals surface area contributed by atoms with Gasteiger partial charge in [0.1, 0.15) is 0 Å². The van der Waals surface area contributed by atoms with Gasteiger partial charge in [0.2, 0.25) is 0 Å². The van der Waals surface area contributed by atoms with Crippen LogP contribution in [0, 0.1) is 0 Å². The van der Waals surface area contributed by atoms with Crippen LogP contribution in [0.4, 0.5) is 0 Å². The van der Waals surface area contributed by atoms with Gasteiger partial charge in [-0.25, -0.2) is 0 Å². The van der Waals surface area contributed by atoms with E-state index in [4.69, 9.17) is 19.3 Å². The van der Waals surface area contributed by atoms with Crippen LogP contribution in [-0.4, -0.2) is 48.0 Å². The van der Waals surface area contributed by atoms with Crippen LogP contribution in [0.5, 0.6) is 0 Å². The van der Waals surface area contributed by atoms with Crippen molar-refractivity contribution in [2.75, 3.05) is 11.9 Å². The lowest BCUT2D eigenvalue weighted by Crippen LogP contribution is -2.00. The fourth-order valence-electron chi connectivity index (χ4n) is 0. The maximum atomic E-state index is 9.31. The molecule has 0 atom stereocenters. The first-order chi connectivity index (χ1) is 5.12. The lowest BCUT2D eigenvalue weighted by Gasteiger charge is -1.79. The van der Waals surface area contributed by atoms with Gasteiger partial charge in [0.05, 0.1) is 0 Å². The largest absolute Gasteiger partial charge is 0.378 e. The molecule has 0 bridgehead atoms. The van der Waals surface area contributed by atoms with Gasteiger partial charge in [0.25, 0.3) is 20.2 Å². The van der Waals surface area contributed by atoms with Crippen molar-refractivity contribution in [1.29, 1.82) is 0 Å². The maximum Gasteiger partial charge on any atom is 0.289 e. The normalized spacial score (nSPS) is 11.7. The molecule has 0 aliphatic rings. The molecule has 0 aromatic rings. The maximum absolute atomic E-state index is 9.31. The minimum absolute atomic E-state index is 1.20. The Hall–Kier alpha value is -0.260. The minimum Gasteiger partial charge on any atom is -0.378 e. The molecular formula is C2H8O8S2. The van der Waals surface area contributed by atoms with Crippen LogP contribution in [0.3, 0.4) is 0 Å². The van der Waals surface area contributed by atoms with Crippen LogP contribution in [0.15, 0.2) is 0 Å². The molecule has 10 heteroatoms. The molecule has 0 spiro atoms. The van der Waals surface area contributed by atoms with Gasteiger partial charge < -0.3 is 10.2 Å². The topological polar surface area (TPSA) is 149 Å². The molecule has 8 nitrogen and oxygen atoms in total. The summed E-state index contributed by atoms with van der Waals surface area (Å²) >= 11 is 0. The Kier molecular flexibility index (Phi) is 6.42. The molecule has 76 valence electrons. The third-order valence-corrected chi connectivity index (χ3v) is 0.979. The van der Waals surface area contributed by atoms with Crippen molar-refractivity contribution >= 4 is 20.2 Å². The molecule has 0 amide bonds. The lowest BCUT2D eigenvalue weighted by atomic mass is 11.7. The third-order valence-electron chi connectivity index (χ3n) is 0.326. The zero-order valence-electron chi connectivity index (χ0n) is 5.65. The van der Waals surface area contributed by atoms with Crippen LogP contribution >= 0.6 is 0 Å². The van der Waals surface area contributed by atoms with Gasteiger partial charge in [-0.2, -0.15) is 16.8 Å². The van der Waals surface area contributed by atoms with Gasteiger partial charge in [0.15, 0.2) is 11.9 Å². The summed E-state index contributed by atoms with van der Waals surface area (Å²) in [6.07, 6.45) is 0. The number of rotatable bonds is 2. The minimum atomic E-state index is -4.11. The van der Waals surface area contributed by atoms with Gasteiger partial charge in [-0.3, -0.25) is 9.11 Å². The smallest absolute Gasteiger partial charge is 0.289 e. The number of hydrogen-bond acceptors (Lipinski definition) is 6. The Morgan fingerprint density at radius 3 is 0.833 bits per heavy atom. The average molecular weight is 224 g/mol. The molecule has 0 aromatic carbocycles. The molecule has 0 aliphatic heterocycles. The summed E-state index contributed by atoms with van der Waals surface area (Å²) < 4.78 is 52.3. The molecule has 0 saturated heterocycles. The second-order valence-electron chi connectivity index (χ2n) is 1.42. The van der Waals surface area contributed by atoms with E-state index >= 15 is 0 Å². The van der Waals surface area contributed by atoms with Crippen LogP contribution in [0.25, 0.3) is 0 Å². The van der Waals surface area contributed by atoms with E-state index in [1.165, 1.54) is 0 Å². The summed E-state index contributed by atoms with van der Waals surface area (Å²) in [6.45, 7) is 0. The molecule has 0 saturated carbocycles. The Morgan fingerprint density at radius 2 is 0.833 bits per heavy atom. The Labute approximate surface area is 69.0 Å². The van der Waals surface area contributed by atoms with E-state index in [1.54, 1.807) is 0 Å². The summed E-state index contributed by atoms with van der Waals surface area (Å²) in [6, 6.07) is 0. The van der Waals surface area contributed by atoms with Crippen LogP contribution in [0.2, 0.25) is 0 Å². The zero-order valence-corrected chi connectivity index (χ0v) is 7.29. The van der Waals surface area contributed by atoms with E-state index in [0.29, 0.717) is 0 Å². The number of aliphatic hydroxyl groups is 2. The van der Waals surface area contributed by atoms with Crippen molar-refractivity contribution in [3.63, 3.8) is 0 Å². The van der Waals surface area contributed by atoms with Crippen LogP contribution in [-0.2, 0) is 20.2 Å². The molecule has 4 N–H and O–H groups in total. The summed E-state index contributed by atoms with van der Waals surface area (Å²) in [5, 5.41) is 15.1. The fraction of sp³-hybridized carbons (Fsp3) is 1.00. The second kappa shape index (κ2) is 5.40. The highest BCUT2D eigenvalue weighted by molar-refractivity contribution is 7.85. The molecule has 0 aliphatic carbocycles. The van der Waals surface area contributed by atoms with Gasteiger partial charge in [-0.15, -0.1) is 0 Å². The SMILES string of the molecule is O=S(=O)(O)CO.O=S(=O)(O)CO. The third kappa shape index (κ3) is 22.6. The molecule has 0 aromatic heterocycles. The molecule has 0 fully saturated rings. The van der Waals surface area contributed by atoms with E-state index in [9.17, 15) is 16.8 Å². The highest BCUT2D eigenvalue weighted by atomic mass is 32.2. The van der Waals surface area contributed by atoms with Crippen molar-refractivity contribution in [2.24, 2.45) is 0 Å². The Balaban J connectivity index is 0. The highest BCUT2D eigenvalue weighted by Gasteiger charge is 1.95. The van der Waals surface area contributed by atoms with Gasteiger partial charge in [-0.1, -0.05) is 0 Å². The van der Waals surface area contributed by atoms with Gasteiger partial charge in [-0.05, 0) is 0 Å². The standard InChI is InChI=1S/2CH4O4S/c2*2-1-6(3,4)5/h2*2H,1H2,(H,3,4,5). The van der Waals surface area contributed by atoms with Crippen molar-refractivity contribution in [2.45, 2.75) is 0 Å². The first-order valence-electron chi connectivity index (χ1n) is 2.24. The highest BCUT2D eigenvalue weighted by Crippen LogP contribution is 1.71. The number of hydrogen-bond donors (Lipinski definition) is 4. The lowest BCUT2D eigenvalue weighted by molar-refractivity contribution is 0.336. The van der Waals surface area contributed by atoms with Crippen molar-refractivity contribution in [1.82, 2.24) is 0 Å². The van der Waals surface area contributed by atoms with E-state index < -0.39 is 32.1 Å². The predicted octanol–water partition coefficient (Wildman–Crippen LogP) is -2.35. The fourth-order valence-corrected chi connectivity index (χ4v) is 0. The summed E-state index contributed by atoms with van der Waals surface area (Å²) in [5.41, 5.74) is 0. The quantitative estimate of drug-likeness (QED) is 0.381. The summed E-state index contributed by atoms with van der Waals surface area (Å²) in [4.78, 5) is 0. The predicted molar refractivity (Wildman–Crippen MR) is 37.3 cm³/mol. The van der Waals surface area contributed by atoms with Crippen molar-refractivity contribution < 1.29 is 36.2 Å². The van der Waals surface area contributed by atoms with Gasteiger partial charge in [0, 0.05) is 0 Å². The molecule has 0 unspecified atom stereocenters.